The van der Waals surface area contributed by atoms with Crippen molar-refractivity contribution in [2.45, 2.75) is 58.2 Å². The van der Waals surface area contributed by atoms with E-state index in [4.69, 9.17) is 4.74 Å². The molecule has 1 saturated heterocycles. The summed E-state index contributed by atoms with van der Waals surface area (Å²) < 4.78 is 6.29. The third-order valence-electron chi connectivity index (χ3n) is 5.44. The smallest absolute Gasteiger partial charge is 0.411 e. The molecule has 2 aliphatic rings. The molecule has 2 amide bonds. The summed E-state index contributed by atoms with van der Waals surface area (Å²) in [7, 11) is 4.09. The summed E-state index contributed by atoms with van der Waals surface area (Å²) in [5, 5.41) is 2.94. The summed E-state index contributed by atoms with van der Waals surface area (Å²) >= 11 is 3.35. The number of likely N-dealkylation sites (tertiary alicyclic amines) is 1. The van der Waals surface area contributed by atoms with E-state index in [0.29, 0.717) is 28.7 Å². The van der Waals surface area contributed by atoms with Crippen LogP contribution in [0.1, 0.15) is 39.2 Å². The Hall–Kier alpha value is -1.67. The number of rotatable bonds is 4. The van der Waals surface area contributed by atoms with Crippen LogP contribution in [0, 0.1) is 18.8 Å². The minimum Gasteiger partial charge on any atom is -0.444 e. The standard InChI is InChI=1S/C21H31BrN4O3/c1-12-7-8-17(22)23-18(12)24-19(27)16-9-13(11-25(5)6)14-10-15(14)26(16)20(28)29-21(2,3)4/h7-8,13-16H,9-11H2,1-6H3,(H,23,24,27)/t13?,14?,15?,16-/m0/s1. The van der Waals surface area contributed by atoms with Gasteiger partial charge in [-0.15, -0.1) is 0 Å². The van der Waals surface area contributed by atoms with Gasteiger partial charge in [0.25, 0.3) is 0 Å². The molecular weight excluding hydrogens is 436 g/mol. The fourth-order valence-corrected chi connectivity index (χ4v) is 4.46. The number of halogens is 1. The number of aromatic nitrogens is 1. The lowest BCUT2D eigenvalue weighted by atomic mass is 9.89. The van der Waals surface area contributed by atoms with Gasteiger partial charge in [0.2, 0.25) is 5.91 Å². The number of amides is 2. The second-order valence-electron chi connectivity index (χ2n) is 9.42. The van der Waals surface area contributed by atoms with E-state index in [1.165, 1.54) is 0 Å². The Morgan fingerprint density at radius 3 is 2.62 bits per heavy atom. The molecule has 2 fully saturated rings. The molecule has 2 heterocycles. The molecule has 1 aromatic rings. The molecule has 3 unspecified atom stereocenters. The Bertz CT molecular complexity index is 793. The van der Waals surface area contributed by atoms with Gasteiger partial charge in [-0.05, 0) is 94.0 Å². The largest absolute Gasteiger partial charge is 0.444 e. The fraction of sp³-hybridized carbons (Fsp3) is 0.667. The Labute approximate surface area is 181 Å². The monoisotopic (exact) mass is 466 g/mol. The quantitative estimate of drug-likeness (QED) is 0.685. The Morgan fingerprint density at radius 2 is 2.00 bits per heavy atom. The first kappa shape index (κ1) is 22.0. The first-order valence-corrected chi connectivity index (χ1v) is 10.9. The normalized spacial score (nSPS) is 26.1. The number of aryl methyl sites for hydroxylation is 1. The summed E-state index contributed by atoms with van der Waals surface area (Å²) in [6.45, 7) is 8.34. The SMILES string of the molecule is Cc1ccc(Br)nc1NC(=O)[C@@H]1CC(CN(C)C)C2CC2N1C(=O)OC(C)(C)C. The molecule has 1 N–H and O–H groups in total. The molecule has 0 spiro atoms. The van der Waals surface area contributed by atoms with Gasteiger partial charge in [-0.25, -0.2) is 9.78 Å². The number of hydrogen-bond donors (Lipinski definition) is 1. The molecule has 1 aromatic heterocycles. The Morgan fingerprint density at radius 1 is 1.31 bits per heavy atom. The molecule has 0 aromatic carbocycles. The van der Waals surface area contributed by atoms with Crippen LogP contribution in [0.25, 0.3) is 0 Å². The lowest BCUT2D eigenvalue weighted by Crippen LogP contribution is -2.55. The molecule has 1 saturated carbocycles. The molecule has 7 nitrogen and oxygen atoms in total. The van der Waals surface area contributed by atoms with E-state index < -0.39 is 17.7 Å². The van der Waals surface area contributed by atoms with Gasteiger partial charge in [-0.1, -0.05) is 6.07 Å². The van der Waals surface area contributed by atoms with E-state index in [-0.39, 0.29) is 11.9 Å². The van der Waals surface area contributed by atoms with Crippen LogP contribution in [0.15, 0.2) is 16.7 Å². The molecule has 1 aliphatic carbocycles. The number of pyridine rings is 1. The lowest BCUT2D eigenvalue weighted by molar-refractivity contribution is -0.123. The lowest BCUT2D eigenvalue weighted by Gasteiger charge is -2.39. The molecule has 8 heteroatoms. The van der Waals surface area contributed by atoms with E-state index in [0.717, 1.165) is 18.5 Å². The highest BCUT2D eigenvalue weighted by molar-refractivity contribution is 9.10. The van der Waals surface area contributed by atoms with E-state index in [1.54, 1.807) is 4.90 Å². The molecule has 29 heavy (non-hydrogen) atoms. The minimum absolute atomic E-state index is 0.0656. The summed E-state index contributed by atoms with van der Waals surface area (Å²) in [5.74, 6) is 1.11. The minimum atomic E-state index is -0.606. The number of carbonyl (C=O) groups is 2. The summed E-state index contributed by atoms with van der Waals surface area (Å²) in [6.07, 6.45) is 1.14. The van der Waals surface area contributed by atoms with Crippen molar-refractivity contribution in [3.05, 3.63) is 22.3 Å². The van der Waals surface area contributed by atoms with Crippen LogP contribution in [0.2, 0.25) is 0 Å². The van der Waals surface area contributed by atoms with Crippen LogP contribution in [0.5, 0.6) is 0 Å². The summed E-state index contributed by atoms with van der Waals surface area (Å²) in [4.78, 5) is 34.4. The first-order valence-electron chi connectivity index (χ1n) is 10.1. The third kappa shape index (κ3) is 5.28. The van der Waals surface area contributed by atoms with Crippen molar-refractivity contribution in [1.29, 1.82) is 0 Å². The van der Waals surface area contributed by atoms with E-state index in [2.05, 4.69) is 31.1 Å². The van der Waals surface area contributed by atoms with Crippen LogP contribution >= 0.6 is 15.9 Å². The number of ether oxygens (including phenoxy) is 1. The Balaban J connectivity index is 1.84. The molecule has 4 atom stereocenters. The molecule has 0 radical (unpaired) electrons. The van der Waals surface area contributed by atoms with Gasteiger partial charge < -0.3 is 15.0 Å². The average Bonchev–Trinajstić information content (AvgIpc) is 3.36. The molecule has 1 aliphatic heterocycles. The van der Waals surface area contributed by atoms with Crippen molar-refractivity contribution in [3.8, 4) is 0 Å². The summed E-state index contributed by atoms with van der Waals surface area (Å²) in [6, 6.07) is 3.22. The predicted molar refractivity (Wildman–Crippen MR) is 116 cm³/mol. The van der Waals surface area contributed by atoms with Gasteiger partial charge in [-0.3, -0.25) is 9.69 Å². The van der Waals surface area contributed by atoms with Gasteiger partial charge in [0.1, 0.15) is 22.1 Å². The third-order valence-corrected chi connectivity index (χ3v) is 5.88. The van der Waals surface area contributed by atoms with Gasteiger partial charge in [0.05, 0.1) is 0 Å². The van der Waals surface area contributed by atoms with Gasteiger partial charge >= 0.3 is 6.09 Å². The molecule has 0 bridgehead atoms. The van der Waals surface area contributed by atoms with Crippen molar-refractivity contribution in [2.24, 2.45) is 11.8 Å². The predicted octanol–water partition coefficient (Wildman–Crippen LogP) is 3.67. The maximum absolute atomic E-state index is 13.3. The second kappa shape index (κ2) is 8.22. The maximum Gasteiger partial charge on any atom is 0.411 e. The fourth-order valence-electron chi connectivity index (χ4n) is 4.15. The summed E-state index contributed by atoms with van der Waals surface area (Å²) in [5.41, 5.74) is 0.265. The number of carbonyl (C=O) groups excluding carboxylic acids is 2. The van der Waals surface area contributed by atoms with Crippen LogP contribution in [0.4, 0.5) is 10.6 Å². The number of anilines is 1. The highest BCUT2D eigenvalue weighted by Gasteiger charge is 2.57. The molecule has 3 rings (SSSR count). The number of nitrogens with one attached hydrogen (secondary N) is 1. The first-order chi connectivity index (χ1) is 13.5. The van der Waals surface area contributed by atoms with E-state index >= 15 is 0 Å². The second-order valence-corrected chi connectivity index (χ2v) is 10.2. The maximum atomic E-state index is 13.3. The van der Waals surface area contributed by atoms with Crippen LogP contribution in [-0.4, -0.2) is 65.1 Å². The van der Waals surface area contributed by atoms with Gasteiger partial charge in [-0.2, -0.15) is 0 Å². The van der Waals surface area contributed by atoms with Crippen molar-refractivity contribution < 1.29 is 14.3 Å². The Kier molecular flexibility index (Phi) is 6.24. The number of piperidine rings is 1. The number of fused-ring (bicyclic) bond motifs is 1. The molecule has 160 valence electrons. The van der Waals surface area contributed by atoms with Crippen molar-refractivity contribution in [2.75, 3.05) is 26.0 Å². The van der Waals surface area contributed by atoms with Gasteiger partial charge in [0.15, 0.2) is 0 Å². The van der Waals surface area contributed by atoms with Crippen LogP contribution in [0.3, 0.4) is 0 Å². The van der Waals surface area contributed by atoms with Crippen molar-refractivity contribution >= 4 is 33.7 Å². The van der Waals surface area contributed by atoms with Crippen molar-refractivity contribution in [1.82, 2.24) is 14.8 Å². The zero-order valence-electron chi connectivity index (χ0n) is 18.0. The van der Waals surface area contributed by atoms with E-state index in [9.17, 15) is 9.59 Å². The topological polar surface area (TPSA) is 74.8 Å². The van der Waals surface area contributed by atoms with Crippen LogP contribution < -0.4 is 5.32 Å². The zero-order valence-corrected chi connectivity index (χ0v) is 19.6. The number of nitrogens with zero attached hydrogens (tertiary/aromatic N) is 3. The molecular formula is C21H31BrN4O3. The highest BCUT2D eigenvalue weighted by Crippen LogP contribution is 2.49. The van der Waals surface area contributed by atoms with Gasteiger partial charge in [0, 0.05) is 12.6 Å². The van der Waals surface area contributed by atoms with Crippen LogP contribution in [-0.2, 0) is 9.53 Å². The van der Waals surface area contributed by atoms with Crippen molar-refractivity contribution in [3.63, 3.8) is 0 Å². The zero-order chi connectivity index (χ0) is 21.5. The van der Waals surface area contributed by atoms with E-state index in [1.807, 2.05) is 53.9 Å². The number of hydrogen-bond acceptors (Lipinski definition) is 5. The average molecular weight is 467 g/mol. The highest BCUT2D eigenvalue weighted by atomic mass is 79.9.